The summed E-state index contributed by atoms with van der Waals surface area (Å²) in [6.45, 7) is 8.05. The van der Waals surface area contributed by atoms with E-state index in [-0.39, 0.29) is 11.7 Å². The minimum Gasteiger partial charge on any atom is -0.507 e. The number of hydrogen-bond acceptors (Lipinski definition) is 6. The number of fused-ring (bicyclic) bond motifs is 1. The van der Waals surface area contributed by atoms with Crippen molar-refractivity contribution in [2.75, 3.05) is 16.4 Å². The predicted molar refractivity (Wildman–Crippen MR) is 140 cm³/mol. The van der Waals surface area contributed by atoms with Crippen LogP contribution < -0.4 is 10.6 Å². The first-order valence-corrected chi connectivity index (χ1v) is 13.0. The number of phenols is 1. The van der Waals surface area contributed by atoms with Crippen LogP contribution in [0.25, 0.3) is 0 Å². The van der Waals surface area contributed by atoms with Crippen molar-refractivity contribution in [3.05, 3.63) is 68.8 Å². The van der Waals surface area contributed by atoms with Crippen LogP contribution in [0.3, 0.4) is 0 Å². The second-order valence-corrected chi connectivity index (χ2v) is 10.3. The van der Waals surface area contributed by atoms with Crippen molar-refractivity contribution in [1.29, 1.82) is 0 Å². The first-order chi connectivity index (χ1) is 16.3. The van der Waals surface area contributed by atoms with Crippen molar-refractivity contribution in [2.45, 2.75) is 51.7 Å². The molecule has 0 radical (unpaired) electrons. The Morgan fingerprint density at radius 2 is 2.06 bits per heavy atom. The number of rotatable bonds is 7. The van der Waals surface area contributed by atoms with Crippen LogP contribution in [-0.2, 0) is 4.79 Å². The molecular weight excluding hydrogens is 514 g/mol. The van der Waals surface area contributed by atoms with E-state index in [1.807, 2.05) is 51.1 Å². The van der Waals surface area contributed by atoms with Crippen molar-refractivity contribution in [3.8, 4) is 5.75 Å². The Hall–Kier alpha value is -2.78. The van der Waals surface area contributed by atoms with Gasteiger partial charge in [-0.05, 0) is 78.0 Å². The van der Waals surface area contributed by atoms with E-state index < -0.39 is 6.04 Å². The Labute approximate surface area is 212 Å². The molecule has 1 aliphatic heterocycles. The summed E-state index contributed by atoms with van der Waals surface area (Å²) >= 11 is 5.02. The average molecular weight is 543 g/mol. The second kappa shape index (κ2) is 10.2. The minimum atomic E-state index is -0.508. The van der Waals surface area contributed by atoms with Gasteiger partial charge in [-0.15, -0.1) is 5.10 Å². The van der Waals surface area contributed by atoms with Gasteiger partial charge in [0, 0.05) is 17.1 Å². The number of allylic oxidation sites excluding steroid dienone is 1. The van der Waals surface area contributed by atoms with E-state index in [1.54, 1.807) is 22.5 Å². The molecule has 0 saturated heterocycles. The summed E-state index contributed by atoms with van der Waals surface area (Å²) in [5.41, 5.74) is 4.97. The number of halogens is 1. The summed E-state index contributed by atoms with van der Waals surface area (Å²) in [6, 6.07) is 10.6. The monoisotopic (exact) mass is 541 g/mol. The molecule has 0 aliphatic carbocycles. The molecule has 1 aliphatic rings. The fourth-order valence-electron chi connectivity index (χ4n) is 3.87. The Bertz CT molecular complexity index is 1270. The number of aromatic nitrogens is 3. The highest BCUT2D eigenvalue weighted by atomic mass is 79.9. The molecule has 2 heterocycles. The predicted octanol–water partition coefficient (Wildman–Crippen LogP) is 6.18. The maximum Gasteiger partial charge on any atom is 0.255 e. The van der Waals surface area contributed by atoms with Gasteiger partial charge in [0.2, 0.25) is 11.1 Å². The lowest BCUT2D eigenvalue weighted by Crippen LogP contribution is -2.31. The van der Waals surface area contributed by atoms with Crippen LogP contribution >= 0.6 is 27.7 Å². The van der Waals surface area contributed by atoms with E-state index in [2.05, 4.69) is 38.5 Å². The smallest absolute Gasteiger partial charge is 0.255 e. The van der Waals surface area contributed by atoms with Crippen molar-refractivity contribution >= 4 is 45.2 Å². The topological polar surface area (TPSA) is 92.1 Å². The summed E-state index contributed by atoms with van der Waals surface area (Å²) in [6.07, 6.45) is 2.18. The summed E-state index contributed by atoms with van der Waals surface area (Å²) in [7, 11) is 0. The number of carbonyl (C=O) groups excluding carboxylic acids is 1. The molecule has 3 aromatic rings. The van der Waals surface area contributed by atoms with Crippen LogP contribution in [0, 0.1) is 13.8 Å². The lowest BCUT2D eigenvalue weighted by atomic mass is 9.94. The van der Waals surface area contributed by atoms with Crippen LogP contribution in [0.5, 0.6) is 5.75 Å². The third-order valence-corrected chi connectivity index (χ3v) is 7.51. The van der Waals surface area contributed by atoms with Gasteiger partial charge in [-0.3, -0.25) is 4.79 Å². The zero-order valence-corrected chi connectivity index (χ0v) is 22.0. The molecule has 1 aromatic heterocycles. The maximum atomic E-state index is 13.7. The van der Waals surface area contributed by atoms with Crippen molar-refractivity contribution in [1.82, 2.24) is 14.8 Å². The molecule has 0 spiro atoms. The molecule has 3 N–H and O–H groups in total. The molecule has 34 heavy (non-hydrogen) atoms. The van der Waals surface area contributed by atoms with Crippen molar-refractivity contribution < 1.29 is 9.90 Å². The number of benzene rings is 2. The van der Waals surface area contributed by atoms with Gasteiger partial charge in [-0.2, -0.15) is 4.98 Å². The standard InChI is InChI=1S/C25H28BrN5O2S/c1-5-6-12-34-25-29-24-27-16(4)21(23(33)28-19-9-7-8-14(2)15(19)3)22(31(24)30-25)17-10-11-20(32)18(26)13-17/h7-11,13,22,32H,5-6,12H2,1-4H3,(H,28,33)(H,27,29,30). The van der Waals surface area contributed by atoms with E-state index in [0.717, 1.165) is 41.0 Å². The van der Waals surface area contributed by atoms with Gasteiger partial charge in [-0.25, -0.2) is 4.68 Å². The third kappa shape index (κ3) is 4.86. The van der Waals surface area contributed by atoms with Crippen LogP contribution in [-0.4, -0.2) is 31.5 Å². The summed E-state index contributed by atoms with van der Waals surface area (Å²) in [5, 5.41) is 21.8. The average Bonchev–Trinajstić information content (AvgIpc) is 3.20. The second-order valence-electron chi connectivity index (χ2n) is 8.34. The normalized spacial score (nSPS) is 15.1. The van der Waals surface area contributed by atoms with Gasteiger partial charge in [0.05, 0.1) is 10.0 Å². The number of thioether (sulfide) groups is 1. The quantitative estimate of drug-likeness (QED) is 0.244. The summed E-state index contributed by atoms with van der Waals surface area (Å²) in [5.74, 6) is 1.44. The van der Waals surface area contributed by atoms with Crippen LogP contribution in [0.1, 0.15) is 49.4 Å². The number of amides is 1. The molecule has 2 aromatic carbocycles. The Morgan fingerprint density at radius 1 is 1.26 bits per heavy atom. The van der Waals surface area contributed by atoms with E-state index in [4.69, 9.17) is 5.10 Å². The van der Waals surface area contributed by atoms with Gasteiger partial charge in [0.15, 0.2) is 0 Å². The Balaban J connectivity index is 1.76. The zero-order valence-electron chi connectivity index (χ0n) is 19.6. The Kier molecular flexibility index (Phi) is 7.33. The van der Waals surface area contributed by atoms with Gasteiger partial charge >= 0.3 is 0 Å². The first kappa shape index (κ1) is 24.3. The van der Waals surface area contributed by atoms with Crippen LogP contribution in [0.2, 0.25) is 0 Å². The zero-order chi connectivity index (χ0) is 24.4. The van der Waals surface area contributed by atoms with E-state index in [0.29, 0.717) is 26.8 Å². The highest BCUT2D eigenvalue weighted by Gasteiger charge is 2.35. The molecule has 0 fully saturated rings. The highest BCUT2D eigenvalue weighted by Crippen LogP contribution is 2.39. The molecule has 178 valence electrons. The molecule has 4 rings (SSSR count). The van der Waals surface area contributed by atoms with Gasteiger partial charge in [0.25, 0.3) is 5.91 Å². The number of nitrogens with one attached hydrogen (secondary N) is 2. The third-order valence-electron chi connectivity index (χ3n) is 5.95. The fraction of sp³-hybridized carbons (Fsp3) is 0.320. The largest absolute Gasteiger partial charge is 0.507 e. The molecule has 9 heteroatoms. The number of phenolic OH excluding ortho intramolecular Hbond substituents is 1. The van der Waals surface area contributed by atoms with Crippen molar-refractivity contribution in [3.63, 3.8) is 0 Å². The summed E-state index contributed by atoms with van der Waals surface area (Å²) in [4.78, 5) is 18.3. The van der Waals surface area contributed by atoms with Gasteiger partial charge in [0.1, 0.15) is 11.8 Å². The van der Waals surface area contributed by atoms with E-state index >= 15 is 0 Å². The molecular formula is C25H28BrN5O2S. The lowest BCUT2D eigenvalue weighted by Gasteiger charge is -2.29. The first-order valence-electron chi connectivity index (χ1n) is 11.2. The van der Waals surface area contributed by atoms with Crippen molar-refractivity contribution in [2.24, 2.45) is 0 Å². The SMILES string of the molecule is CCCCSc1nc2n(n1)C(c1ccc(O)c(Br)c1)C(C(=O)Nc1cccc(C)c1C)=C(C)N2. The van der Waals surface area contributed by atoms with Gasteiger partial charge < -0.3 is 15.7 Å². The fourth-order valence-corrected chi connectivity index (χ4v) is 5.18. The minimum absolute atomic E-state index is 0.134. The number of aromatic hydroxyl groups is 1. The highest BCUT2D eigenvalue weighted by molar-refractivity contribution is 9.10. The summed E-state index contributed by atoms with van der Waals surface area (Å²) < 4.78 is 2.31. The molecule has 7 nitrogen and oxygen atoms in total. The molecule has 0 bridgehead atoms. The van der Waals surface area contributed by atoms with E-state index in [1.165, 1.54) is 0 Å². The van der Waals surface area contributed by atoms with Crippen LogP contribution in [0.15, 0.2) is 57.3 Å². The molecule has 1 amide bonds. The lowest BCUT2D eigenvalue weighted by molar-refractivity contribution is -0.113. The molecule has 0 saturated carbocycles. The van der Waals surface area contributed by atoms with Crippen LogP contribution in [0.4, 0.5) is 11.6 Å². The molecule has 1 unspecified atom stereocenters. The number of aryl methyl sites for hydroxylation is 1. The number of anilines is 2. The maximum absolute atomic E-state index is 13.7. The number of carbonyl (C=O) groups is 1. The number of nitrogens with zero attached hydrogens (tertiary/aromatic N) is 3. The van der Waals surface area contributed by atoms with Gasteiger partial charge in [-0.1, -0.05) is 43.3 Å². The number of hydrogen-bond donors (Lipinski definition) is 3. The Morgan fingerprint density at radius 3 is 2.79 bits per heavy atom. The number of unbranched alkanes of at least 4 members (excludes halogenated alkanes) is 1. The van der Waals surface area contributed by atoms with E-state index in [9.17, 15) is 9.90 Å². The molecule has 1 atom stereocenters.